The van der Waals surface area contributed by atoms with Gasteiger partial charge in [-0.25, -0.2) is 0 Å². The molecule has 1 aromatic rings. The van der Waals surface area contributed by atoms with Crippen molar-refractivity contribution in [3.05, 3.63) is 29.8 Å². The van der Waals surface area contributed by atoms with Crippen LogP contribution in [0.5, 0.6) is 5.75 Å². The van der Waals surface area contributed by atoms with E-state index < -0.39 is 0 Å². The first-order valence-electron chi connectivity index (χ1n) is 8.79. The third-order valence-corrected chi connectivity index (χ3v) is 4.60. The molecule has 2 unspecified atom stereocenters. The molecule has 1 aliphatic rings. The molecule has 0 radical (unpaired) electrons. The average molecular weight is 289 g/mol. The highest BCUT2D eigenvalue weighted by molar-refractivity contribution is 5.37. The van der Waals surface area contributed by atoms with Gasteiger partial charge in [-0.15, -0.1) is 0 Å². The maximum atomic E-state index is 6.01. The lowest BCUT2D eigenvalue weighted by Gasteiger charge is -2.27. The number of rotatable bonds is 7. The second-order valence-corrected chi connectivity index (χ2v) is 6.20. The van der Waals surface area contributed by atoms with Gasteiger partial charge < -0.3 is 10.1 Å². The largest absolute Gasteiger partial charge is 0.493 e. The molecule has 0 amide bonds. The van der Waals surface area contributed by atoms with Crippen LogP contribution in [0.3, 0.4) is 0 Å². The van der Waals surface area contributed by atoms with Gasteiger partial charge in [0.1, 0.15) is 5.75 Å². The second-order valence-electron chi connectivity index (χ2n) is 6.20. The van der Waals surface area contributed by atoms with E-state index >= 15 is 0 Å². The number of benzene rings is 1. The summed E-state index contributed by atoms with van der Waals surface area (Å²) < 4.78 is 6.01. The topological polar surface area (TPSA) is 21.3 Å². The van der Waals surface area contributed by atoms with E-state index in [1.165, 1.54) is 37.7 Å². The average Bonchev–Trinajstić information content (AvgIpc) is 2.76. The van der Waals surface area contributed by atoms with E-state index in [2.05, 4.69) is 43.4 Å². The van der Waals surface area contributed by atoms with Crippen LogP contribution in [0.4, 0.5) is 0 Å². The normalized spacial score (nSPS) is 22.8. The summed E-state index contributed by atoms with van der Waals surface area (Å²) in [5.74, 6) is 2.52. The Hall–Kier alpha value is -1.02. The van der Waals surface area contributed by atoms with Crippen LogP contribution in [0.2, 0.25) is 0 Å². The molecule has 21 heavy (non-hydrogen) atoms. The lowest BCUT2D eigenvalue weighted by Crippen LogP contribution is -2.27. The first kappa shape index (κ1) is 16.4. The molecule has 2 heteroatoms. The van der Waals surface area contributed by atoms with Gasteiger partial charge in [-0.3, -0.25) is 0 Å². The van der Waals surface area contributed by atoms with Gasteiger partial charge in [0.15, 0.2) is 0 Å². The van der Waals surface area contributed by atoms with Crippen LogP contribution in [0.1, 0.15) is 63.9 Å². The maximum Gasteiger partial charge on any atom is 0.122 e. The molecule has 118 valence electrons. The van der Waals surface area contributed by atoms with Crippen molar-refractivity contribution in [1.82, 2.24) is 5.32 Å². The molecule has 2 nitrogen and oxygen atoms in total. The smallest absolute Gasteiger partial charge is 0.122 e. The fourth-order valence-corrected chi connectivity index (χ4v) is 3.50. The van der Waals surface area contributed by atoms with Crippen molar-refractivity contribution < 1.29 is 4.74 Å². The Labute approximate surface area is 130 Å². The van der Waals surface area contributed by atoms with Crippen LogP contribution >= 0.6 is 0 Å². The Morgan fingerprint density at radius 3 is 2.71 bits per heavy atom. The number of hydrogen-bond donors (Lipinski definition) is 1. The summed E-state index contributed by atoms with van der Waals surface area (Å²) in [4.78, 5) is 0. The van der Waals surface area contributed by atoms with Gasteiger partial charge in [-0.1, -0.05) is 51.3 Å². The molecule has 0 spiro atoms. The summed E-state index contributed by atoms with van der Waals surface area (Å²) in [5.41, 5.74) is 1.44. The zero-order valence-electron chi connectivity index (χ0n) is 13.7. The summed E-state index contributed by atoms with van der Waals surface area (Å²) in [6.07, 6.45) is 7.85. The number of para-hydroxylation sites is 1. The van der Waals surface area contributed by atoms with Gasteiger partial charge in [0, 0.05) is 0 Å². The summed E-state index contributed by atoms with van der Waals surface area (Å²) >= 11 is 0. The molecule has 1 saturated carbocycles. The third kappa shape index (κ3) is 4.74. The van der Waals surface area contributed by atoms with E-state index in [0.29, 0.717) is 5.92 Å². The molecule has 2 atom stereocenters. The quantitative estimate of drug-likeness (QED) is 0.731. The van der Waals surface area contributed by atoms with Crippen molar-refractivity contribution in [2.24, 2.45) is 5.92 Å². The molecular formula is C19H31NO. The minimum absolute atomic E-state index is 0.652. The second kappa shape index (κ2) is 9.09. The molecule has 1 N–H and O–H groups in total. The fraction of sp³-hybridized carbons (Fsp3) is 0.684. The summed E-state index contributed by atoms with van der Waals surface area (Å²) in [7, 11) is 0. The van der Waals surface area contributed by atoms with Gasteiger partial charge in [0.05, 0.1) is 6.61 Å². The molecule has 1 fully saturated rings. The van der Waals surface area contributed by atoms with Gasteiger partial charge >= 0.3 is 0 Å². The first-order chi connectivity index (χ1) is 10.4. The summed E-state index contributed by atoms with van der Waals surface area (Å²) in [6.45, 7) is 7.40. The van der Waals surface area contributed by atoms with E-state index in [9.17, 15) is 0 Å². The van der Waals surface area contributed by atoms with Crippen LogP contribution in [0.15, 0.2) is 24.3 Å². The third-order valence-electron chi connectivity index (χ3n) is 4.60. The Balaban J connectivity index is 2.18. The lowest BCUT2D eigenvalue weighted by atomic mass is 9.82. The Bertz CT molecular complexity index is 404. The van der Waals surface area contributed by atoms with Crippen molar-refractivity contribution in [3.8, 4) is 5.75 Å². The molecule has 0 saturated heterocycles. The predicted octanol–water partition coefficient (Wildman–Crippen LogP) is 4.75. The fourth-order valence-electron chi connectivity index (χ4n) is 3.50. The van der Waals surface area contributed by atoms with Crippen LogP contribution in [-0.2, 0) is 0 Å². The monoisotopic (exact) mass is 289 g/mol. The van der Waals surface area contributed by atoms with E-state index in [0.717, 1.165) is 37.8 Å². The van der Waals surface area contributed by atoms with Crippen LogP contribution in [0, 0.1) is 5.92 Å². The molecular weight excluding hydrogens is 258 g/mol. The number of nitrogens with one attached hydrogen (secondary N) is 1. The van der Waals surface area contributed by atoms with Crippen LogP contribution in [0.25, 0.3) is 0 Å². The highest BCUT2D eigenvalue weighted by atomic mass is 16.5. The highest BCUT2D eigenvalue weighted by Gasteiger charge is 2.26. The molecule has 0 aromatic heterocycles. The Morgan fingerprint density at radius 2 is 1.90 bits per heavy atom. The van der Waals surface area contributed by atoms with Crippen molar-refractivity contribution in [2.75, 3.05) is 19.7 Å². The van der Waals surface area contributed by atoms with Crippen molar-refractivity contribution in [2.45, 2.75) is 58.3 Å². The number of ether oxygens (including phenoxy) is 1. The van der Waals surface area contributed by atoms with Crippen molar-refractivity contribution >= 4 is 0 Å². The standard InChI is InChI=1S/C19H31NO/c1-3-14-21-19-13-9-8-12-18(19)17-11-7-5-6-10-16(17)15-20-4-2/h8-9,12-13,16-17,20H,3-7,10-11,14-15H2,1-2H3. The van der Waals surface area contributed by atoms with E-state index in [1.807, 2.05) is 0 Å². The summed E-state index contributed by atoms with van der Waals surface area (Å²) in [5, 5.41) is 3.57. The molecule has 2 rings (SSSR count). The Morgan fingerprint density at radius 1 is 1.10 bits per heavy atom. The van der Waals surface area contributed by atoms with E-state index in [1.54, 1.807) is 0 Å². The minimum Gasteiger partial charge on any atom is -0.493 e. The zero-order chi connectivity index (χ0) is 14.9. The molecule has 1 aromatic carbocycles. The first-order valence-corrected chi connectivity index (χ1v) is 8.79. The Kier molecular flexibility index (Phi) is 7.08. The van der Waals surface area contributed by atoms with Crippen LogP contribution < -0.4 is 10.1 Å². The lowest BCUT2D eigenvalue weighted by molar-refractivity contribution is 0.302. The van der Waals surface area contributed by atoms with Gasteiger partial charge in [-0.2, -0.15) is 0 Å². The van der Waals surface area contributed by atoms with Gasteiger partial charge in [0.2, 0.25) is 0 Å². The van der Waals surface area contributed by atoms with Crippen molar-refractivity contribution in [1.29, 1.82) is 0 Å². The SMILES string of the molecule is CCCOc1ccccc1C1CCCCCC1CNCC. The highest BCUT2D eigenvalue weighted by Crippen LogP contribution is 2.40. The maximum absolute atomic E-state index is 6.01. The predicted molar refractivity (Wildman–Crippen MR) is 90.1 cm³/mol. The van der Waals surface area contributed by atoms with E-state index in [4.69, 9.17) is 4.74 Å². The van der Waals surface area contributed by atoms with Crippen molar-refractivity contribution in [3.63, 3.8) is 0 Å². The molecule has 0 heterocycles. The molecule has 0 bridgehead atoms. The molecule has 1 aliphatic carbocycles. The zero-order valence-corrected chi connectivity index (χ0v) is 13.7. The number of hydrogen-bond acceptors (Lipinski definition) is 2. The van der Waals surface area contributed by atoms with Gasteiger partial charge in [0.25, 0.3) is 0 Å². The molecule has 0 aliphatic heterocycles. The van der Waals surface area contributed by atoms with Crippen LogP contribution in [-0.4, -0.2) is 19.7 Å². The minimum atomic E-state index is 0.652. The van der Waals surface area contributed by atoms with E-state index in [-0.39, 0.29) is 0 Å². The summed E-state index contributed by atoms with van der Waals surface area (Å²) in [6, 6.07) is 8.72. The van der Waals surface area contributed by atoms with Gasteiger partial charge in [-0.05, 0) is 55.8 Å².